The van der Waals surface area contributed by atoms with Crippen molar-refractivity contribution in [2.45, 2.75) is 24.9 Å². The van der Waals surface area contributed by atoms with Gasteiger partial charge in [-0.15, -0.1) is 23.1 Å². The van der Waals surface area contributed by atoms with Crippen LogP contribution in [0, 0.1) is 6.92 Å². The minimum Gasteiger partial charge on any atom is -0.355 e. The molecule has 1 atom stereocenters. The van der Waals surface area contributed by atoms with Gasteiger partial charge >= 0.3 is 0 Å². The molecular weight excluding hydrogens is 294 g/mol. The molecular formula is C13H13N3O2S2. The van der Waals surface area contributed by atoms with Gasteiger partial charge in [0.15, 0.2) is 11.6 Å². The summed E-state index contributed by atoms with van der Waals surface area (Å²) >= 11 is 3.33. The van der Waals surface area contributed by atoms with E-state index < -0.39 is 0 Å². The summed E-state index contributed by atoms with van der Waals surface area (Å²) in [4.78, 5) is 5.32. The Kier molecular flexibility index (Phi) is 3.88. The van der Waals surface area contributed by atoms with Crippen LogP contribution >= 0.6 is 23.1 Å². The van der Waals surface area contributed by atoms with Crippen molar-refractivity contribution in [2.24, 2.45) is 0 Å². The standard InChI is InChI=1S/C13H13N3O2S2/c1-8(13-14-9(2)15-18-13)20-7-10-6-11(17-16-10)12-4-3-5-19-12/h3-6,8H,7H2,1-2H3/t8-/m1/s1. The van der Waals surface area contributed by atoms with Crippen LogP contribution < -0.4 is 0 Å². The average Bonchev–Trinajstić information content (AvgIpc) is 3.16. The SMILES string of the molecule is Cc1noc([C@@H](C)SCc2cc(-c3cccs3)on2)n1. The number of thiophene rings is 1. The van der Waals surface area contributed by atoms with Crippen molar-refractivity contribution in [1.29, 1.82) is 0 Å². The molecule has 0 aliphatic carbocycles. The minimum absolute atomic E-state index is 0.137. The van der Waals surface area contributed by atoms with Crippen LogP contribution in [0.2, 0.25) is 0 Å². The van der Waals surface area contributed by atoms with Crippen LogP contribution in [0.1, 0.15) is 29.6 Å². The molecule has 3 aromatic heterocycles. The Bertz CT molecular complexity index is 675. The summed E-state index contributed by atoms with van der Waals surface area (Å²) < 4.78 is 10.5. The first-order chi connectivity index (χ1) is 9.72. The predicted octanol–water partition coefficient (Wildman–Crippen LogP) is 4.09. The van der Waals surface area contributed by atoms with Crippen molar-refractivity contribution in [3.63, 3.8) is 0 Å². The van der Waals surface area contributed by atoms with Gasteiger partial charge in [0.25, 0.3) is 0 Å². The highest BCUT2D eigenvalue weighted by Crippen LogP contribution is 2.31. The van der Waals surface area contributed by atoms with E-state index in [0.29, 0.717) is 11.7 Å². The van der Waals surface area contributed by atoms with E-state index in [2.05, 4.69) is 15.3 Å². The molecule has 0 N–H and O–H groups in total. The van der Waals surface area contributed by atoms with Crippen LogP contribution in [-0.2, 0) is 5.75 Å². The molecule has 5 nitrogen and oxygen atoms in total. The van der Waals surface area contributed by atoms with Crippen LogP contribution in [0.25, 0.3) is 10.6 Å². The van der Waals surface area contributed by atoms with E-state index in [1.807, 2.05) is 37.4 Å². The summed E-state index contributed by atoms with van der Waals surface area (Å²) in [5.74, 6) is 2.87. The second kappa shape index (κ2) is 5.80. The average molecular weight is 307 g/mol. The summed E-state index contributed by atoms with van der Waals surface area (Å²) in [6.45, 7) is 3.85. The lowest BCUT2D eigenvalue weighted by Crippen LogP contribution is -1.90. The van der Waals surface area contributed by atoms with Crippen molar-refractivity contribution in [3.8, 4) is 10.6 Å². The number of rotatable bonds is 5. The van der Waals surface area contributed by atoms with E-state index in [4.69, 9.17) is 9.05 Å². The third-order valence-electron chi connectivity index (χ3n) is 2.70. The Morgan fingerprint density at radius 3 is 2.95 bits per heavy atom. The number of thioether (sulfide) groups is 1. The fraction of sp³-hybridized carbons (Fsp3) is 0.308. The fourth-order valence-electron chi connectivity index (χ4n) is 1.67. The van der Waals surface area contributed by atoms with Gasteiger partial charge in [-0.25, -0.2) is 0 Å². The van der Waals surface area contributed by atoms with Gasteiger partial charge in [0, 0.05) is 11.8 Å². The van der Waals surface area contributed by atoms with E-state index in [1.165, 1.54) is 0 Å². The van der Waals surface area contributed by atoms with Crippen molar-refractivity contribution >= 4 is 23.1 Å². The minimum atomic E-state index is 0.137. The molecule has 0 unspecified atom stereocenters. The Morgan fingerprint density at radius 1 is 1.35 bits per heavy atom. The fourth-order valence-corrected chi connectivity index (χ4v) is 3.14. The molecule has 0 saturated carbocycles. The summed E-state index contributed by atoms with van der Waals surface area (Å²) in [5.41, 5.74) is 0.918. The van der Waals surface area contributed by atoms with Crippen molar-refractivity contribution in [3.05, 3.63) is 41.0 Å². The molecule has 3 rings (SSSR count). The highest BCUT2D eigenvalue weighted by Gasteiger charge is 2.15. The maximum absolute atomic E-state index is 5.35. The van der Waals surface area contributed by atoms with Gasteiger partial charge < -0.3 is 9.05 Å². The predicted molar refractivity (Wildman–Crippen MR) is 78.6 cm³/mol. The molecule has 3 aromatic rings. The second-order valence-corrected chi connectivity index (χ2v) is 6.57. The number of nitrogens with zero attached hydrogens (tertiary/aromatic N) is 3. The van der Waals surface area contributed by atoms with Gasteiger partial charge in [-0.1, -0.05) is 16.4 Å². The van der Waals surface area contributed by atoms with Crippen LogP contribution in [0.15, 0.2) is 32.6 Å². The van der Waals surface area contributed by atoms with E-state index in [-0.39, 0.29) is 5.25 Å². The number of hydrogen-bond acceptors (Lipinski definition) is 7. The van der Waals surface area contributed by atoms with Gasteiger partial charge in [-0.2, -0.15) is 4.98 Å². The highest BCUT2D eigenvalue weighted by atomic mass is 32.2. The summed E-state index contributed by atoms with van der Waals surface area (Å²) in [7, 11) is 0. The number of aryl methyl sites for hydroxylation is 1. The third kappa shape index (κ3) is 2.94. The summed E-state index contributed by atoms with van der Waals surface area (Å²) in [6.07, 6.45) is 0. The van der Waals surface area contributed by atoms with Crippen LogP contribution in [-0.4, -0.2) is 15.3 Å². The van der Waals surface area contributed by atoms with Crippen LogP contribution in [0.5, 0.6) is 0 Å². The zero-order valence-corrected chi connectivity index (χ0v) is 12.7. The maximum Gasteiger partial charge on any atom is 0.239 e. The van der Waals surface area contributed by atoms with Crippen LogP contribution in [0.4, 0.5) is 0 Å². The largest absolute Gasteiger partial charge is 0.355 e. The lowest BCUT2D eigenvalue weighted by Gasteiger charge is -2.03. The van der Waals surface area contributed by atoms with Crippen molar-refractivity contribution < 1.29 is 9.05 Å². The molecule has 0 aromatic carbocycles. The molecule has 0 spiro atoms. The van der Waals surface area contributed by atoms with E-state index in [1.54, 1.807) is 23.1 Å². The molecule has 104 valence electrons. The molecule has 0 saturated heterocycles. The Balaban J connectivity index is 1.61. The van der Waals surface area contributed by atoms with Gasteiger partial charge in [-0.05, 0) is 25.3 Å². The maximum atomic E-state index is 5.35. The van der Waals surface area contributed by atoms with E-state index in [0.717, 1.165) is 22.1 Å². The van der Waals surface area contributed by atoms with Gasteiger partial charge in [0.2, 0.25) is 5.89 Å². The molecule has 0 aliphatic heterocycles. The Hall–Kier alpha value is -1.60. The van der Waals surface area contributed by atoms with Crippen molar-refractivity contribution in [2.75, 3.05) is 0 Å². The molecule has 0 aliphatic rings. The Morgan fingerprint density at radius 2 is 2.25 bits per heavy atom. The molecule has 0 fully saturated rings. The van der Waals surface area contributed by atoms with Gasteiger partial charge in [0.05, 0.1) is 15.8 Å². The van der Waals surface area contributed by atoms with Gasteiger partial charge in [-0.3, -0.25) is 0 Å². The first kappa shape index (κ1) is 13.4. The topological polar surface area (TPSA) is 65.0 Å². The number of hydrogen-bond donors (Lipinski definition) is 0. The second-order valence-electron chi connectivity index (χ2n) is 4.29. The lowest BCUT2D eigenvalue weighted by atomic mass is 10.3. The smallest absolute Gasteiger partial charge is 0.239 e. The third-order valence-corrected chi connectivity index (χ3v) is 4.74. The summed E-state index contributed by atoms with van der Waals surface area (Å²) in [5, 5.41) is 10.0. The molecule has 7 heteroatoms. The zero-order valence-electron chi connectivity index (χ0n) is 11.1. The molecule has 3 heterocycles. The monoisotopic (exact) mass is 307 g/mol. The van der Waals surface area contributed by atoms with Crippen LogP contribution in [0.3, 0.4) is 0 Å². The molecule has 0 radical (unpaired) electrons. The quantitative estimate of drug-likeness (QED) is 0.707. The molecule has 0 bridgehead atoms. The van der Waals surface area contributed by atoms with E-state index >= 15 is 0 Å². The van der Waals surface area contributed by atoms with Crippen molar-refractivity contribution in [1.82, 2.24) is 15.3 Å². The lowest BCUT2D eigenvalue weighted by molar-refractivity contribution is 0.376. The Labute approximate surface area is 124 Å². The number of aromatic nitrogens is 3. The molecule has 0 amide bonds. The summed E-state index contributed by atoms with van der Waals surface area (Å²) in [6, 6.07) is 5.99. The normalized spacial score (nSPS) is 12.7. The zero-order chi connectivity index (χ0) is 13.9. The van der Waals surface area contributed by atoms with Gasteiger partial charge in [0.1, 0.15) is 0 Å². The first-order valence-corrected chi connectivity index (χ1v) is 8.06. The molecule has 20 heavy (non-hydrogen) atoms. The first-order valence-electron chi connectivity index (χ1n) is 6.13. The highest BCUT2D eigenvalue weighted by molar-refractivity contribution is 7.98. The van der Waals surface area contributed by atoms with E-state index in [9.17, 15) is 0 Å².